The molecule has 2 amide bonds. The van der Waals surface area contributed by atoms with Gasteiger partial charge >= 0.3 is 24.1 Å². The Labute approximate surface area is 373 Å². The van der Waals surface area contributed by atoms with Crippen LogP contribution in [0, 0.1) is 11.6 Å². The monoisotopic (exact) mass is 882 g/mol. The molecule has 0 unspecified atom stereocenters. The van der Waals surface area contributed by atoms with E-state index >= 15 is 8.78 Å². The highest BCUT2D eigenvalue weighted by Crippen LogP contribution is 2.41. The van der Waals surface area contributed by atoms with Gasteiger partial charge < -0.3 is 37.9 Å². The number of nitrogens with zero attached hydrogens (tertiary/aromatic N) is 4. The Morgan fingerprint density at radius 3 is 1.31 bits per heavy atom. The van der Waals surface area contributed by atoms with Crippen LogP contribution in [-0.2, 0) is 54.5 Å². The second kappa shape index (κ2) is 18.7. The lowest BCUT2D eigenvalue weighted by Gasteiger charge is -2.29. The van der Waals surface area contributed by atoms with Gasteiger partial charge in [-0.1, -0.05) is 24.3 Å². The van der Waals surface area contributed by atoms with Gasteiger partial charge in [0.1, 0.15) is 36.1 Å². The third-order valence-corrected chi connectivity index (χ3v) is 11.8. The highest BCUT2D eigenvalue weighted by atomic mass is 19.1. The van der Waals surface area contributed by atoms with E-state index in [4.69, 9.17) is 18.9 Å². The van der Waals surface area contributed by atoms with Crippen LogP contribution in [0.4, 0.5) is 18.4 Å². The van der Waals surface area contributed by atoms with Gasteiger partial charge in [0.2, 0.25) is 0 Å². The van der Waals surface area contributed by atoms with E-state index in [1.165, 1.54) is 38.1 Å². The minimum atomic E-state index is -0.670. The Bertz CT molecular complexity index is 2370. The molecule has 2 fully saturated rings. The van der Waals surface area contributed by atoms with Gasteiger partial charge in [-0.25, -0.2) is 18.4 Å². The van der Waals surface area contributed by atoms with Crippen molar-refractivity contribution in [3.8, 4) is 22.5 Å². The third-order valence-electron chi connectivity index (χ3n) is 11.8. The minimum absolute atomic E-state index is 0.0530. The molecular formula is C50H60F2N4O8. The van der Waals surface area contributed by atoms with Crippen molar-refractivity contribution >= 4 is 45.9 Å². The van der Waals surface area contributed by atoms with E-state index in [0.717, 1.165) is 70.1 Å². The molecule has 342 valence electrons. The minimum Gasteiger partial charge on any atom is -0.464 e. The van der Waals surface area contributed by atoms with Crippen LogP contribution in [0.15, 0.2) is 60.7 Å². The molecule has 0 N–H and O–H groups in total. The van der Waals surface area contributed by atoms with Gasteiger partial charge in [0, 0.05) is 49.8 Å². The highest BCUT2D eigenvalue weighted by molar-refractivity contribution is 5.94. The average molecular weight is 883 g/mol. The molecule has 14 heteroatoms. The summed E-state index contributed by atoms with van der Waals surface area (Å²) in [6.07, 6.45) is 3.31. The first kappa shape index (κ1) is 46.1. The maximum Gasteiger partial charge on any atom is 0.410 e. The van der Waals surface area contributed by atoms with E-state index in [9.17, 15) is 19.2 Å². The molecule has 0 aliphatic carbocycles. The van der Waals surface area contributed by atoms with Crippen LogP contribution < -0.4 is 0 Å². The maximum absolute atomic E-state index is 15.1. The first-order valence-electron chi connectivity index (χ1n) is 22.3. The first-order valence-corrected chi connectivity index (χ1v) is 22.3. The number of amides is 2. The summed E-state index contributed by atoms with van der Waals surface area (Å²) in [6, 6.07) is 17.0. The number of esters is 2. The van der Waals surface area contributed by atoms with Gasteiger partial charge in [0.15, 0.2) is 0 Å². The molecular weight excluding hydrogens is 823 g/mol. The van der Waals surface area contributed by atoms with Crippen molar-refractivity contribution in [2.75, 3.05) is 26.3 Å². The summed E-state index contributed by atoms with van der Waals surface area (Å²) in [6.45, 7) is 15.5. The lowest BCUT2D eigenvalue weighted by atomic mass is 9.95. The van der Waals surface area contributed by atoms with Crippen LogP contribution in [0.5, 0.6) is 0 Å². The van der Waals surface area contributed by atoms with E-state index in [1.54, 1.807) is 21.9 Å². The van der Waals surface area contributed by atoms with Crippen molar-refractivity contribution in [1.82, 2.24) is 18.9 Å². The Morgan fingerprint density at radius 1 is 0.594 bits per heavy atom. The fourth-order valence-electron chi connectivity index (χ4n) is 9.36. The van der Waals surface area contributed by atoms with Crippen molar-refractivity contribution in [2.24, 2.45) is 0 Å². The number of carbonyl (C=O) groups excluding carboxylic acids is 4. The number of benzene rings is 3. The van der Waals surface area contributed by atoms with E-state index in [2.05, 4.69) is 0 Å². The van der Waals surface area contributed by atoms with Crippen molar-refractivity contribution in [3.63, 3.8) is 0 Å². The largest absolute Gasteiger partial charge is 0.464 e. The van der Waals surface area contributed by atoms with Crippen LogP contribution in [0.2, 0.25) is 0 Å². The summed E-state index contributed by atoms with van der Waals surface area (Å²) < 4.78 is 56.7. The number of hydrogen-bond acceptors (Lipinski definition) is 8. The summed E-state index contributed by atoms with van der Waals surface area (Å²) >= 11 is 0. The smallest absolute Gasteiger partial charge is 0.410 e. The van der Waals surface area contributed by atoms with Crippen molar-refractivity contribution < 1.29 is 46.9 Å². The van der Waals surface area contributed by atoms with E-state index in [-0.39, 0.29) is 50.6 Å². The lowest BCUT2D eigenvalue weighted by Crippen LogP contribution is -2.40. The topological polar surface area (TPSA) is 122 Å². The number of hydrogen-bond donors (Lipinski definition) is 0. The van der Waals surface area contributed by atoms with E-state index in [0.29, 0.717) is 37.0 Å². The van der Waals surface area contributed by atoms with Crippen LogP contribution in [0.3, 0.4) is 0 Å². The standard InChI is InChI=1S/C50H60F2N4O8/c1-31(57)61-25-23-55-43-27-35(51)17-19-39(43)41(29-37-11-9-21-53(37)47(59)63-49(3,4)5)45(55)33-13-15-34(16-14-33)46-42(30-38-12-10-22-54(38)48(60)64-50(6,7)8)40-20-18-36(52)28-44(40)56(46)24-26-62-32(2)58/h13-20,27-28,37-38H,9-12,21-26,29-30H2,1-8H3/t37-,38-/m0/s1. The predicted octanol–water partition coefficient (Wildman–Crippen LogP) is 10.2. The molecule has 0 bridgehead atoms. The lowest BCUT2D eigenvalue weighted by molar-refractivity contribution is -0.142. The number of fused-ring (bicyclic) bond motifs is 2. The van der Waals surface area contributed by atoms with Crippen molar-refractivity contribution in [1.29, 1.82) is 0 Å². The van der Waals surface area contributed by atoms with E-state index < -0.39 is 34.8 Å². The Balaban J connectivity index is 1.36. The van der Waals surface area contributed by atoms with Crippen LogP contribution in [0.1, 0.15) is 92.2 Å². The van der Waals surface area contributed by atoms with Gasteiger partial charge in [-0.05, 0) is 139 Å². The zero-order valence-corrected chi connectivity index (χ0v) is 38.2. The molecule has 0 saturated carbocycles. The molecule has 0 spiro atoms. The molecule has 2 aliphatic rings. The second-order valence-corrected chi connectivity index (χ2v) is 18.9. The Kier molecular flexibility index (Phi) is 13.4. The number of halogens is 2. The molecule has 4 heterocycles. The van der Waals surface area contributed by atoms with Crippen molar-refractivity contribution in [3.05, 3.63) is 83.4 Å². The highest BCUT2D eigenvalue weighted by Gasteiger charge is 2.36. The summed E-state index contributed by atoms with van der Waals surface area (Å²) in [5.74, 6) is -1.69. The quantitative estimate of drug-likeness (QED) is 0.0897. The number of aromatic nitrogens is 2. The SMILES string of the molecule is CC(=O)OCCn1c(-c2ccc(-c3c(C[C@@H]4CCCN4C(=O)OC(C)(C)C)c4ccc(F)cc4n3CCOC(C)=O)cc2)c(C[C@@H]2CCCN2C(=O)OC(C)(C)C)c2ccc(F)cc21. The fraction of sp³-hybridized carbons (Fsp3) is 0.480. The van der Waals surface area contributed by atoms with Gasteiger partial charge in [0.05, 0.1) is 35.5 Å². The fourth-order valence-corrected chi connectivity index (χ4v) is 9.36. The van der Waals surface area contributed by atoms with Gasteiger partial charge in [-0.15, -0.1) is 0 Å². The number of ether oxygens (including phenoxy) is 4. The van der Waals surface area contributed by atoms with E-state index in [1.807, 2.05) is 74.9 Å². The molecule has 12 nitrogen and oxygen atoms in total. The van der Waals surface area contributed by atoms with Gasteiger partial charge in [-0.2, -0.15) is 0 Å². The number of carbonyl (C=O) groups is 4. The van der Waals surface area contributed by atoms with Crippen molar-refractivity contribution in [2.45, 2.75) is 130 Å². The zero-order chi connectivity index (χ0) is 46.1. The van der Waals surface area contributed by atoms with Crippen LogP contribution in [-0.4, -0.2) is 92.6 Å². The number of likely N-dealkylation sites (tertiary alicyclic amines) is 2. The summed E-state index contributed by atoms with van der Waals surface area (Å²) in [7, 11) is 0. The predicted molar refractivity (Wildman–Crippen MR) is 241 cm³/mol. The first-order chi connectivity index (χ1) is 30.3. The number of rotatable bonds is 12. The van der Waals surface area contributed by atoms with Gasteiger partial charge in [0.25, 0.3) is 0 Å². The zero-order valence-electron chi connectivity index (χ0n) is 38.2. The molecule has 0 radical (unpaired) electrons. The molecule has 2 aromatic heterocycles. The Morgan fingerprint density at radius 2 is 0.969 bits per heavy atom. The molecule has 2 atom stereocenters. The Hall–Kier alpha value is -5.92. The summed E-state index contributed by atoms with van der Waals surface area (Å²) in [5.41, 5.74) is 4.96. The summed E-state index contributed by atoms with van der Waals surface area (Å²) in [5, 5.41) is 1.64. The normalized spacial score (nSPS) is 16.8. The van der Waals surface area contributed by atoms with Crippen LogP contribution >= 0.6 is 0 Å². The molecule has 7 rings (SSSR count). The maximum atomic E-state index is 15.1. The molecule has 3 aromatic carbocycles. The summed E-state index contributed by atoms with van der Waals surface area (Å²) in [4.78, 5) is 54.5. The van der Waals surface area contributed by atoms with Crippen LogP contribution in [0.25, 0.3) is 44.3 Å². The van der Waals surface area contributed by atoms with Gasteiger partial charge in [-0.3, -0.25) is 9.59 Å². The molecule has 2 saturated heterocycles. The molecule has 2 aliphatic heterocycles. The molecule has 5 aromatic rings. The molecule has 64 heavy (non-hydrogen) atoms. The average Bonchev–Trinajstić information content (AvgIpc) is 3.99. The third kappa shape index (κ3) is 10.4. The second-order valence-electron chi connectivity index (χ2n) is 18.9.